The number of halogens is 1. The molecule has 0 aliphatic carbocycles. The first-order chi connectivity index (χ1) is 8.81. The van der Waals surface area contributed by atoms with Gasteiger partial charge >= 0.3 is 17.9 Å². The second kappa shape index (κ2) is 6.46. The highest BCUT2D eigenvalue weighted by Gasteiger charge is 2.50. The van der Waals surface area contributed by atoms with Crippen LogP contribution >= 0.6 is 0 Å². The van der Waals surface area contributed by atoms with Gasteiger partial charge in [-0.15, -0.1) is 0 Å². The molecule has 0 unspecified atom stereocenters. The molecule has 8 heteroatoms. The summed E-state index contributed by atoms with van der Waals surface area (Å²) in [5, 5.41) is 0. The van der Waals surface area contributed by atoms with Crippen molar-refractivity contribution in [3.63, 3.8) is 0 Å². The molecule has 1 fully saturated rings. The smallest absolute Gasteiger partial charge is 0.303 e. The van der Waals surface area contributed by atoms with Crippen LogP contribution in [0, 0.1) is 0 Å². The molecule has 0 spiro atoms. The first-order valence-corrected chi connectivity index (χ1v) is 5.58. The summed E-state index contributed by atoms with van der Waals surface area (Å²) in [6.07, 6.45) is -5.50. The Bertz CT molecular complexity index is 370. The van der Waals surface area contributed by atoms with Crippen molar-refractivity contribution in [1.82, 2.24) is 0 Å². The minimum atomic E-state index is -1.95. The van der Waals surface area contributed by atoms with Crippen LogP contribution in [0.2, 0.25) is 0 Å². The summed E-state index contributed by atoms with van der Waals surface area (Å²) in [6, 6.07) is 0. The Hall–Kier alpha value is -1.70. The number of alkyl halides is 1. The molecule has 108 valence electrons. The summed E-state index contributed by atoms with van der Waals surface area (Å²) in [5.74, 6) is -2.01. The molecule has 0 saturated carbocycles. The fraction of sp³-hybridized carbons (Fsp3) is 0.727. The first kappa shape index (κ1) is 15.4. The van der Waals surface area contributed by atoms with Crippen LogP contribution in [0.15, 0.2) is 0 Å². The number of rotatable bonds is 4. The average Bonchev–Trinajstić information content (AvgIpc) is 2.53. The Balaban J connectivity index is 2.76. The zero-order chi connectivity index (χ0) is 14.6. The molecule has 0 amide bonds. The van der Waals surface area contributed by atoms with E-state index in [2.05, 4.69) is 4.74 Å². The van der Waals surface area contributed by atoms with Crippen molar-refractivity contribution in [3.8, 4) is 0 Å². The van der Waals surface area contributed by atoms with E-state index < -0.39 is 42.6 Å². The van der Waals surface area contributed by atoms with Gasteiger partial charge in [-0.2, -0.15) is 0 Å². The molecule has 0 aromatic heterocycles. The van der Waals surface area contributed by atoms with Crippen molar-refractivity contribution < 1.29 is 37.7 Å². The summed E-state index contributed by atoms with van der Waals surface area (Å²) in [4.78, 5) is 32.6. The van der Waals surface area contributed by atoms with E-state index in [9.17, 15) is 18.8 Å². The van der Waals surface area contributed by atoms with Gasteiger partial charge in [0.1, 0.15) is 12.7 Å². The lowest BCUT2D eigenvalue weighted by Gasteiger charge is -2.21. The third-order valence-electron chi connectivity index (χ3n) is 2.31. The second-order valence-electron chi connectivity index (χ2n) is 3.98. The van der Waals surface area contributed by atoms with Crippen LogP contribution in [0.3, 0.4) is 0 Å². The van der Waals surface area contributed by atoms with E-state index in [4.69, 9.17) is 14.2 Å². The third-order valence-corrected chi connectivity index (χ3v) is 2.31. The largest absolute Gasteiger partial charge is 0.463 e. The van der Waals surface area contributed by atoms with Crippen LogP contribution in [0.4, 0.5) is 4.39 Å². The predicted octanol–water partition coefficient (Wildman–Crippen LogP) is 0.107. The molecule has 1 heterocycles. The predicted molar refractivity (Wildman–Crippen MR) is 57.5 cm³/mol. The molecule has 0 aromatic carbocycles. The van der Waals surface area contributed by atoms with E-state index in [1.54, 1.807) is 0 Å². The summed E-state index contributed by atoms with van der Waals surface area (Å²) < 4.78 is 32.7. The van der Waals surface area contributed by atoms with Crippen molar-refractivity contribution in [2.75, 3.05) is 6.61 Å². The summed E-state index contributed by atoms with van der Waals surface area (Å²) in [7, 11) is 0. The lowest BCUT2D eigenvalue weighted by molar-refractivity contribution is -0.167. The van der Waals surface area contributed by atoms with Gasteiger partial charge in [-0.1, -0.05) is 0 Å². The number of carbonyl (C=O) groups is 3. The van der Waals surface area contributed by atoms with E-state index in [0.717, 1.165) is 13.8 Å². The minimum Gasteiger partial charge on any atom is -0.463 e. The molecule has 1 rings (SSSR count). The van der Waals surface area contributed by atoms with Crippen molar-refractivity contribution >= 4 is 17.9 Å². The molecular formula is C11H15FO7. The highest BCUT2D eigenvalue weighted by molar-refractivity contribution is 5.67. The average molecular weight is 278 g/mol. The van der Waals surface area contributed by atoms with Gasteiger partial charge in [0.05, 0.1) is 0 Å². The standard InChI is InChI=1S/C11H15FO7/c1-5(13)16-4-8-9(17-6(2)14)10(11(12)19-8)18-7(3)15/h8-11H,4H2,1-3H3/t8-,9+,10+,11-/m1/s1. The van der Waals surface area contributed by atoms with E-state index in [-0.39, 0.29) is 6.61 Å². The molecule has 0 N–H and O–H groups in total. The number of ether oxygens (including phenoxy) is 4. The Labute approximate surface area is 108 Å². The van der Waals surface area contributed by atoms with Crippen molar-refractivity contribution in [3.05, 3.63) is 0 Å². The van der Waals surface area contributed by atoms with Crippen LogP contribution in [0.5, 0.6) is 0 Å². The molecule has 1 aliphatic rings. The van der Waals surface area contributed by atoms with Crippen molar-refractivity contribution in [1.29, 1.82) is 0 Å². The lowest BCUT2D eigenvalue weighted by atomic mass is 10.1. The van der Waals surface area contributed by atoms with Crippen molar-refractivity contribution in [2.24, 2.45) is 0 Å². The number of hydrogen-bond acceptors (Lipinski definition) is 7. The molecule has 1 aliphatic heterocycles. The summed E-state index contributed by atoms with van der Waals surface area (Å²) in [5.41, 5.74) is 0. The van der Waals surface area contributed by atoms with E-state index in [1.165, 1.54) is 6.92 Å². The number of esters is 3. The fourth-order valence-corrected chi connectivity index (χ4v) is 1.66. The van der Waals surface area contributed by atoms with E-state index in [0.29, 0.717) is 0 Å². The quantitative estimate of drug-likeness (QED) is 0.532. The molecule has 4 atom stereocenters. The number of carbonyl (C=O) groups excluding carboxylic acids is 3. The van der Waals surface area contributed by atoms with Gasteiger partial charge in [-0.3, -0.25) is 14.4 Å². The molecule has 7 nitrogen and oxygen atoms in total. The van der Waals surface area contributed by atoms with E-state index >= 15 is 0 Å². The lowest BCUT2D eigenvalue weighted by Crippen LogP contribution is -2.40. The highest BCUT2D eigenvalue weighted by Crippen LogP contribution is 2.28. The third kappa shape index (κ3) is 4.47. The zero-order valence-electron chi connectivity index (χ0n) is 10.8. The highest BCUT2D eigenvalue weighted by atomic mass is 19.1. The molecule has 0 aromatic rings. The SMILES string of the molecule is CC(=O)OC[C@H]1O[C@@H](F)[C@@H](OC(C)=O)[C@H]1OC(C)=O. The maximum Gasteiger partial charge on any atom is 0.303 e. The van der Waals surface area contributed by atoms with Gasteiger partial charge in [-0.05, 0) is 0 Å². The van der Waals surface area contributed by atoms with Gasteiger partial charge < -0.3 is 18.9 Å². The van der Waals surface area contributed by atoms with Gasteiger partial charge in [0.2, 0.25) is 6.36 Å². The first-order valence-electron chi connectivity index (χ1n) is 5.58. The Morgan fingerprint density at radius 3 is 2.00 bits per heavy atom. The van der Waals surface area contributed by atoms with Gasteiger partial charge in [-0.25, -0.2) is 4.39 Å². The normalized spacial score (nSPS) is 29.7. The minimum absolute atomic E-state index is 0.300. The maximum atomic E-state index is 13.6. The second-order valence-corrected chi connectivity index (χ2v) is 3.98. The monoisotopic (exact) mass is 278 g/mol. The van der Waals surface area contributed by atoms with Crippen LogP contribution in [0.25, 0.3) is 0 Å². The Morgan fingerprint density at radius 2 is 1.53 bits per heavy atom. The van der Waals surface area contributed by atoms with Crippen LogP contribution in [-0.2, 0) is 33.3 Å². The number of hydrogen-bond donors (Lipinski definition) is 0. The Morgan fingerprint density at radius 1 is 1.00 bits per heavy atom. The summed E-state index contributed by atoms with van der Waals surface area (Å²) >= 11 is 0. The fourth-order valence-electron chi connectivity index (χ4n) is 1.66. The topological polar surface area (TPSA) is 88.1 Å². The van der Waals surface area contributed by atoms with Gasteiger partial charge in [0.25, 0.3) is 0 Å². The van der Waals surface area contributed by atoms with Crippen LogP contribution in [-0.4, -0.2) is 49.2 Å². The molecule has 0 bridgehead atoms. The van der Waals surface area contributed by atoms with Gasteiger partial charge in [0.15, 0.2) is 12.2 Å². The zero-order valence-corrected chi connectivity index (χ0v) is 10.8. The van der Waals surface area contributed by atoms with E-state index in [1.807, 2.05) is 0 Å². The molecule has 0 radical (unpaired) electrons. The van der Waals surface area contributed by atoms with Crippen LogP contribution < -0.4 is 0 Å². The van der Waals surface area contributed by atoms with Gasteiger partial charge in [0, 0.05) is 20.8 Å². The maximum absolute atomic E-state index is 13.6. The molecule has 1 saturated heterocycles. The Kier molecular flexibility index (Phi) is 5.22. The molecule has 19 heavy (non-hydrogen) atoms. The molecular weight excluding hydrogens is 263 g/mol. The van der Waals surface area contributed by atoms with Crippen LogP contribution in [0.1, 0.15) is 20.8 Å². The summed E-state index contributed by atoms with van der Waals surface area (Å²) in [6.45, 7) is 3.09. The van der Waals surface area contributed by atoms with Crippen molar-refractivity contribution in [2.45, 2.75) is 45.4 Å².